The summed E-state index contributed by atoms with van der Waals surface area (Å²) in [6.45, 7) is 3.78. The fourth-order valence-electron chi connectivity index (χ4n) is 4.24. The Kier molecular flexibility index (Phi) is 3.93. The largest absolute Gasteiger partial charge is 0.481 e. The first-order chi connectivity index (χ1) is 8.14. The van der Waals surface area contributed by atoms with Crippen LogP contribution >= 0.6 is 12.4 Å². The number of likely N-dealkylation sites (tertiary alicyclic amines) is 1. The Labute approximate surface area is 115 Å². The van der Waals surface area contributed by atoms with Crippen molar-refractivity contribution in [2.75, 3.05) is 19.6 Å². The number of hydrogen-bond donors (Lipinski definition) is 1. The Morgan fingerprint density at radius 3 is 1.94 bits per heavy atom. The molecule has 1 heterocycles. The third-order valence-corrected chi connectivity index (χ3v) is 5.61. The Morgan fingerprint density at radius 1 is 1.00 bits per heavy atom. The van der Waals surface area contributed by atoms with E-state index in [1.54, 1.807) is 0 Å². The number of carboxylic acids is 1. The molecule has 0 spiro atoms. The van der Waals surface area contributed by atoms with Gasteiger partial charge < -0.3 is 10.0 Å². The monoisotopic (exact) mass is 273 g/mol. The van der Waals surface area contributed by atoms with Crippen LogP contribution in [-0.2, 0) is 4.79 Å². The summed E-state index contributed by atoms with van der Waals surface area (Å²) in [7, 11) is 0. The molecule has 4 aliphatic rings. The fraction of sp³-hybridized carbons (Fsp3) is 0.929. The highest BCUT2D eigenvalue weighted by Crippen LogP contribution is 2.57. The van der Waals surface area contributed by atoms with Crippen molar-refractivity contribution in [3.8, 4) is 0 Å². The number of rotatable bonds is 3. The summed E-state index contributed by atoms with van der Waals surface area (Å²) >= 11 is 0. The van der Waals surface area contributed by atoms with Gasteiger partial charge in [0.15, 0.2) is 0 Å². The van der Waals surface area contributed by atoms with Crippen molar-refractivity contribution in [3.63, 3.8) is 0 Å². The minimum absolute atomic E-state index is 0. The van der Waals surface area contributed by atoms with Crippen LogP contribution in [0.2, 0.25) is 0 Å². The van der Waals surface area contributed by atoms with Gasteiger partial charge in [0.05, 0.1) is 5.41 Å². The SMILES string of the molecule is Cl.O=C(O)C12CCC(CN3CCCC3)(CC1)CC2. The molecule has 4 rings (SSSR count). The van der Waals surface area contributed by atoms with Crippen molar-refractivity contribution in [2.45, 2.75) is 51.4 Å². The minimum atomic E-state index is -0.535. The van der Waals surface area contributed by atoms with Gasteiger partial charge in [0.25, 0.3) is 0 Å². The summed E-state index contributed by atoms with van der Waals surface area (Å²) in [5, 5.41) is 9.37. The molecule has 0 aromatic rings. The standard InChI is InChI=1S/C14H23NO2.ClH/c16-12(17)14-6-3-13(4-7-14,5-8-14)11-15-9-1-2-10-15;/h1-11H2,(H,16,17);1H. The smallest absolute Gasteiger partial charge is 0.309 e. The molecule has 0 aromatic heterocycles. The predicted octanol–water partition coefficient (Wildman–Crippen LogP) is 2.93. The summed E-state index contributed by atoms with van der Waals surface area (Å²) in [5.41, 5.74) is 0.133. The Morgan fingerprint density at radius 2 is 1.50 bits per heavy atom. The van der Waals surface area contributed by atoms with Crippen LogP contribution in [0, 0.1) is 10.8 Å². The van der Waals surface area contributed by atoms with Gasteiger partial charge in [0, 0.05) is 6.54 Å². The van der Waals surface area contributed by atoms with Crippen LogP contribution in [0.1, 0.15) is 51.4 Å². The van der Waals surface area contributed by atoms with Gasteiger partial charge in [-0.3, -0.25) is 4.79 Å². The van der Waals surface area contributed by atoms with Crippen LogP contribution in [0.15, 0.2) is 0 Å². The maximum atomic E-state index is 11.4. The molecule has 104 valence electrons. The molecule has 1 saturated heterocycles. The van der Waals surface area contributed by atoms with E-state index in [0.717, 1.165) is 38.5 Å². The van der Waals surface area contributed by atoms with Gasteiger partial charge in [-0.05, 0) is 69.9 Å². The Hall–Kier alpha value is -0.280. The predicted molar refractivity (Wildman–Crippen MR) is 73.1 cm³/mol. The summed E-state index contributed by atoms with van der Waals surface area (Å²) in [4.78, 5) is 14.0. The molecule has 3 aliphatic carbocycles. The molecule has 0 radical (unpaired) electrons. The second kappa shape index (κ2) is 5.01. The highest BCUT2D eigenvalue weighted by molar-refractivity contribution is 5.85. The lowest BCUT2D eigenvalue weighted by atomic mass is 9.53. The zero-order valence-electron chi connectivity index (χ0n) is 11.0. The van der Waals surface area contributed by atoms with E-state index in [1.165, 1.54) is 32.5 Å². The van der Waals surface area contributed by atoms with E-state index >= 15 is 0 Å². The zero-order valence-corrected chi connectivity index (χ0v) is 11.8. The average Bonchev–Trinajstić information content (AvgIpc) is 2.83. The first kappa shape index (κ1) is 14.1. The molecule has 1 aliphatic heterocycles. The number of fused-ring (bicyclic) bond motifs is 3. The maximum absolute atomic E-state index is 11.4. The molecular weight excluding hydrogens is 250 g/mol. The average molecular weight is 274 g/mol. The van der Waals surface area contributed by atoms with Gasteiger partial charge >= 0.3 is 5.97 Å². The third kappa shape index (κ3) is 2.27. The third-order valence-electron chi connectivity index (χ3n) is 5.61. The highest BCUT2D eigenvalue weighted by Gasteiger charge is 2.52. The normalized spacial score (nSPS) is 39.6. The van der Waals surface area contributed by atoms with E-state index < -0.39 is 5.97 Å². The van der Waals surface area contributed by atoms with Gasteiger partial charge in [0.1, 0.15) is 0 Å². The van der Waals surface area contributed by atoms with Crippen molar-refractivity contribution >= 4 is 18.4 Å². The molecular formula is C14H24ClNO2. The number of carbonyl (C=O) groups is 1. The summed E-state index contributed by atoms with van der Waals surface area (Å²) in [5.74, 6) is -0.535. The lowest BCUT2D eigenvalue weighted by molar-refractivity contribution is -0.159. The van der Waals surface area contributed by atoms with E-state index in [4.69, 9.17) is 0 Å². The lowest BCUT2D eigenvalue weighted by Gasteiger charge is -2.52. The van der Waals surface area contributed by atoms with Gasteiger partial charge in [-0.2, -0.15) is 0 Å². The van der Waals surface area contributed by atoms with E-state index in [1.807, 2.05) is 0 Å². The molecule has 0 amide bonds. The topological polar surface area (TPSA) is 40.5 Å². The molecule has 0 unspecified atom stereocenters. The van der Waals surface area contributed by atoms with E-state index in [2.05, 4.69) is 4.90 Å². The van der Waals surface area contributed by atoms with Crippen LogP contribution in [0.3, 0.4) is 0 Å². The lowest BCUT2D eigenvalue weighted by Crippen LogP contribution is -2.49. The van der Waals surface area contributed by atoms with Crippen LogP contribution < -0.4 is 0 Å². The van der Waals surface area contributed by atoms with Crippen LogP contribution in [0.4, 0.5) is 0 Å². The summed E-state index contributed by atoms with van der Waals surface area (Å²) in [6, 6.07) is 0. The minimum Gasteiger partial charge on any atom is -0.481 e. The number of halogens is 1. The van der Waals surface area contributed by atoms with Gasteiger partial charge in [-0.25, -0.2) is 0 Å². The van der Waals surface area contributed by atoms with Crippen molar-refractivity contribution < 1.29 is 9.90 Å². The van der Waals surface area contributed by atoms with Crippen LogP contribution in [0.5, 0.6) is 0 Å². The number of hydrogen-bond acceptors (Lipinski definition) is 2. The van der Waals surface area contributed by atoms with E-state index in [-0.39, 0.29) is 17.8 Å². The number of carboxylic acid groups (broad SMARTS) is 1. The quantitative estimate of drug-likeness (QED) is 0.860. The Balaban J connectivity index is 0.00000120. The second-order valence-corrected chi connectivity index (χ2v) is 6.57. The molecule has 0 atom stereocenters. The molecule has 1 N–H and O–H groups in total. The zero-order chi connectivity index (χ0) is 11.9. The van der Waals surface area contributed by atoms with Crippen molar-refractivity contribution in [1.29, 1.82) is 0 Å². The van der Waals surface area contributed by atoms with Crippen molar-refractivity contribution in [3.05, 3.63) is 0 Å². The highest BCUT2D eigenvalue weighted by atomic mass is 35.5. The molecule has 4 heteroatoms. The summed E-state index contributed by atoms with van der Waals surface area (Å²) in [6.07, 6.45) is 8.94. The molecule has 2 bridgehead atoms. The van der Waals surface area contributed by atoms with Gasteiger partial charge in [-0.1, -0.05) is 0 Å². The summed E-state index contributed by atoms with van der Waals surface area (Å²) < 4.78 is 0. The van der Waals surface area contributed by atoms with Crippen LogP contribution in [-0.4, -0.2) is 35.6 Å². The molecule has 0 aromatic carbocycles. The molecule has 4 fully saturated rings. The van der Waals surface area contributed by atoms with Gasteiger partial charge in [0.2, 0.25) is 0 Å². The fourth-order valence-corrected chi connectivity index (χ4v) is 4.24. The molecule has 18 heavy (non-hydrogen) atoms. The van der Waals surface area contributed by atoms with Crippen LogP contribution in [0.25, 0.3) is 0 Å². The first-order valence-corrected chi connectivity index (χ1v) is 7.10. The number of nitrogens with zero attached hydrogens (tertiary/aromatic N) is 1. The second-order valence-electron chi connectivity index (χ2n) is 6.57. The Bertz CT molecular complexity index is 301. The first-order valence-electron chi connectivity index (χ1n) is 7.10. The van der Waals surface area contributed by atoms with Crippen molar-refractivity contribution in [2.24, 2.45) is 10.8 Å². The molecule has 3 saturated carbocycles. The van der Waals surface area contributed by atoms with E-state index in [0.29, 0.717) is 5.41 Å². The van der Waals surface area contributed by atoms with Crippen molar-refractivity contribution in [1.82, 2.24) is 4.90 Å². The van der Waals surface area contributed by atoms with E-state index in [9.17, 15) is 9.90 Å². The maximum Gasteiger partial charge on any atom is 0.309 e. The molecule has 3 nitrogen and oxygen atoms in total. The van der Waals surface area contributed by atoms with Gasteiger partial charge in [-0.15, -0.1) is 12.4 Å². The number of aliphatic carboxylic acids is 1.